The SMILES string of the molecule is C[C@@H]1CN(C(=O)OC(C)(C)C)C[C@H](C)N1.C[C@@H]1CN(C(=O)OC(C)(C)C)C[C@H](C)N1c1cccc(F)n1.C[C@@H]1CN(C)C[C@H](C)N1c1cc(I)c(Cl)c(F)n1.C[C@@H]1CN(C)C[C@H](C)N1c1cc(N)c(Cl)c(F)n1.C[C@@H]1CN(C)C[C@H](C)N1c1cc(NC(=O)OC(C)(C)C)c(Cl)c(F)n1.C[C@@H]1CN(C)C[C@H](C)N1c1ccc(Cl)c(F)n1.C[C@@H]1CN(C)C[C@H](C)N1c1cccc(F)n1.Fc1cccc(F)n1. The maximum Gasteiger partial charge on any atom is 0.412 e. The molecule has 7 aromatic rings. The van der Waals surface area contributed by atoms with Gasteiger partial charge in [-0.2, -0.15) is 40.1 Å². The van der Waals surface area contributed by atoms with Crippen LogP contribution in [-0.2, 0) is 14.2 Å². The predicted octanol–water partition coefficient (Wildman–Crippen LogP) is 18.9. The third kappa shape index (κ3) is 36.1. The number of anilines is 8. The van der Waals surface area contributed by atoms with Crippen LogP contribution >= 0.6 is 69.0 Å². The minimum atomic E-state index is -0.816. The van der Waals surface area contributed by atoms with Gasteiger partial charge in [0.25, 0.3) is 0 Å². The van der Waals surface area contributed by atoms with Crippen LogP contribution in [-0.4, -0.2) is 316 Å². The summed E-state index contributed by atoms with van der Waals surface area (Å²) in [5, 5.41) is 5.73. The molecular formula is C97H144Cl4F8IN23O6. The highest BCUT2D eigenvalue weighted by Gasteiger charge is 2.39. The van der Waals surface area contributed by atoms with Crippen LogP contribution in [0.25, 0.3) is 0 Å². The van der Waals surface area contributed by atoms with E-state index in [2.05, 4.69) is 208 Å². The number of likely N-dealkylation sites (N-methyl/N-ethyl adjacent to an activating group) is 5. The fourth-order valence-corrected chi connectivity index (χ4v) is 19.6. The van der Waals surface area contributed by atoms with E-state index in [0.29, 0.717) is 94.1 Å². The minimum absolute atomic E-state index is 0.0329. The molecule has 0 aliphatic carbocycles. The van der Waals surface area contributed by atoms with Crippen LogP contribution in [0.3, 0.4) is 0 Å². The summed E-state index contributed by atoms with van der Waals surface area (Å²) in [6.07, 6.45) is -1.20. The molecule has 7 saturated heterocycles. The van der Waals surface area contributed by atoms with Gasteiger partial charge in [0.15, 0.2) is 0 Å². The first kappa shape index (κ1) is 118. The molecule has 0 saturated carbocycles. The maximum absolute atomic E-state index is 14.2. The molecule has 7 aliphatic heterocycles. The quantitative estimate of drug-likeness (QED) is 0.0579. The Morgan fingerprint density at radius 2 is 0.626 bits per heavy atom. The van der Waals surface area contributed by atoms with Gasteiger partial charge in [-0.1, -0.05) is 64.6 Å². The second-order valence-corrected chi connectivity index (χ2v) is 43.0. The van der Waals surface area contributed by atoms with Crippen molar-refractivity contribution in [3.8, 4) is 0 Å². The zero-order valence-corrected chi connectivity index (χ0v) is 90.6. The predicted molar refractivity (Wildman–Crippen MR) is 550 cm³/mol. The lowest BCUT2D eigenvalue weighted by atomic mass is 10.1. The highest BCUT2D eigenvalue weighted by molar-refractivity contribution is 14.1. The largest absolute Gasteiger partial charge is 0.444 e. The molecule has 14 rings (SSSR count). The van der Waals surface area contributed by atoms with Crippen molar-refractivity contribution in [3.05, 3.63) is 156 Å². The number of carbonyl (C=O) groups excluding carboxylic acids is 3. The number of ether oxygens (including phenoxy) is 3. The second kappa shape index (κ2) is 52.2. The van der Waals surface area contributed by atoms with Gasteiger partial charge in [0, 0.05) is 192 Å². The Balaban J connectivity index is 0.000000219. The van der Waals surface area contributed by atoms with Crippen molar-refractivity contribution in [3.63, 3.8) is 0 Å². The Labute approximate surface area is 850 Å². The minimum Gasteiger partial charge on any atom is -0.444 e. The molecule has 7 aliphatic rings. The zero-order valence-electron chi connectivity index (χ0n) is 85.4. The smallest absolute Gasteiger partial charge is 0.412 e. The Morgan fingerprint density at radius 1 is 0.353 bits per heavy atom. The number of nitrogens with two attached hydrogens (primary N) is 1. The summed E-state index contributed by atoms with van der Waals surface area (Å²) in [5.74, 6) is -1.49. The highest BCUT2D eigenvalue weighted by atomic mass is 127. The lowest BCUT2D eigenvalue weighted by Crippen LogP contribution is -2.59. The summed E-state index contributed by atoms with van der Waals surface area (Å²) in [4.78, 5) is 90.1. The number of amides is 3. The van der Waals surface area contributed by atoms with Gasteiger partial charge in [-0.15, -0.1) is 0 Å². The van der Waals surface area contributed by atoms with E-state index in [0.717, 1.165) is 96.5 Å². The summed E-state index contributed by atoms with van der Waals surface area (Å²) < 4.78 is 122. The number of aromatic nitrogens is 7. The molecule has 42 heteroatoms. The Bertz CT molecular complexity index is 4920. The first-order chi connectivity index (χ1) is 64.6. The number of nitrogens with one attached hydrogen (secondary N) is 2. The summed E-state index contributed by atoms with van der Waals surface area (Å²) >= 11 is 25.2. The number of carbonyl (C=O) groups is 3. The van der Waals surface area contributed by atoms with Gasteiger partial charge in [-0.3, -0.25) is 5.32 Å². The van der Waals surface area contributed by atoms with Crippen LogP contribution in [0, 0.1) is 51.2 Å². The Kier molecular flexibility index (Phi) is 44.1. The van der Waals surface area contributed by atoms with E-state index >= 15 is 0 Å². The molecule has 0 radical (unpaired) electrons. The number of piperazine rings is 7. The lowest BCUT2D eigenvalue weighted by molar-refractivity contribution is 0.0164. The summed E-state index contributed by atoms with van der Waals surface area (Å²) in [6, 6.07) is 25.1. The number of nitrogen functional groups attached to an aromatic ring is 1. The molecule has 14 heterocycles. The summed E-state index contributed by atoms with van der Waals surface area (Å²) in [7, 11) is 10.4. The number of hydrogen-bond acceptors (Lipinski definition) is 26. The van der Waals surface area contributed by atoms with Crippen molar-refractivity contribution in [2.75, 3.05) is 167 Å². The molecular weight excluding hydrogens is 2000 g/mol. The van der Waals surface area contributed by atoms with E-state index in [1.807, 2.05) is 99.9 Å². The maximum atomic E-state index is 14.2. The van der Waals surface area contributed by atoms with Crippen molar-refractivity contribution >= 4 is 134 Å². The fraction of sp³-hybridized carbons (Fsp3) is 0.608. The molecule has 139 heavy (non-hydrogen) atoms. The van der Waals surface area contributed by atoms with Crippen molar-refractivity contribution in [2.45, 2.75) is 261 Å². The molecule has 7 fully saturated rings. The average molecular weight is 2150 g/mol. The normalized spacial score (nSPS) is 24.0. The van der Waals surface area contributed by atoms with Crippen LogP contribution < -0.4 is 45.8 Å². The van der Waals surface area contributed by atoms with E-state index in [4.69, 9.17) is 66.3 Å². The number of rotatable bonds is 7. The van der Waals surface area contributed by atoms with Crippen molar-refractivity contribution < 1.29 is 63.7 Å². The van der Waals surface area contributed by atoms with Gasteiger partial charge in [-0.05, 0) is 272 Å². The molecule has 29 nitrogen and oxygen atoms in total. The molecule has 0 spiro atoms. The third-order valence-electron chi connectivity index (χ3n) is 23.1. The van der Waals surface area contributed by atoms with Crippen LogP contribution in [0.5, 0.6) is 0 Å². The summed E-state index contributed by atoms with van der Waals surface area (Å²) in [6.45, 7) is 57.5. The number of nitrogens with zero attached hydrogens (tertiary/aromatic N) is 20. The number of halogens is 13. The topological polar surface area (TPSA) is 261 Å². The van der Waals surface area contributed by atoms with Crippen molar-refractivity contribution in [1.29, 1.82) is 0 Å². The first-order valence-electron chi connectivity index (χ1n) is 46.8. The van der Waals surface area contributed by atoms with Crippen LogP contribution in [0.1, 0.15) is 159 Å². The molecule has 3 amide bonds. The molecule has 0 bridgehead atoms. The molecule has 4 N–H and O–H groups in total. The van der Waals surface area contributed by atoms with Crippen molar-refractivity contribution in [1.82, 2.24) is 74.5 Å². The molecule has 7 aromatic heterocycles. The van der Waals surface area contributed by atoms with E-state index < -0.39 is 70.5 Å². The van der Waals surface area contributed by atoms with Gasteiger partial charge in [-0.25, -0.2) is 44.3 Å². The van der Waals surface area contributed by atoms with Gasteiger partial charge in [0.1, 0.15) is 66.8 Å². The van der Waals surface area contributed by atoms with Gasteiger partial charge in [0.05, 0.1) is 16.4 Å². The van der Waals surface area contributed by atoms with Crippen LogP contribution in [0.2, 0.25) is 20.1 Å². The monoisotopic (exact) mass is 2150 g/mol. The standard InChI is InChI=1S/C17H26ClFN4O2.C16H24FN3O2.C12H16ClFIN3.C12H18ClFN4.C12H17ClFN3.C12H18FN3.C11H22N2O2.C5H3F2N/c1-10-8-22(6)9-11(2)23(10)13-7-12(14(18)15(19)21-13)20-16(24)25-17(3,4)5;1-11-9-19(15(21)22-16(3,4)5)10-12(2)20(11)14-8-6-7-13(17)18-14;2*1-7-5-17(3)6-8(2)18(7)10-4-9(15)11(13)12(14)16-10;1-8-6-16(3)7-9(2)17(8)11-5-4-10(13)12(14)15-11;1-9-7-15(3)8-10(2)16(9)12-6-4-5-11(13)14-12;1-8-6-13(7-9(2)12-8)10(14)15-11(3,4)5;6-4-2-1-3-5(7)8-4/h7,10-11H,8-9H2,1-6H3,(H,20,21,24);6-8,11-12H,9-10H2,1-5H3;4,7-8H,5-6H2,1-3H3;4,7-8H,5-6H2,1-3H3,(H2,15,16);4-5,8-9H,6-7H2,1-3H3;4-6,9-10H,7-8H2,1-3H3;8-9,12H,6-7H2,1-5H3;1-3H/t10-,11+;11-,12+;2*7-,8+;8-,9+;9-,10+;8-,9+;. The first-order valence-corrected chi connectivity index (χ1v) is 49.4. The van der Waals surface area contributed by atoms with E-state index in [1.165, 1.54) is 18.2 Å². The number of hydrogen-bond donors (Lipinski definition) is 3. The molecule has 0 unspecified atom stereocenters. The summed E-state index contributed by atoms with van der Waals surface area (Å²) in [5.41, 5.74) is 4.50. The zero-order chi connectivity index (χ0) is 104. The number of pyridine rings is 7. The highest BCUT2D eigenvalue weighted by Crippen LogP contribution is 2.36. The third-order valence-corrected chi connectivity index (χ3v) is 25.6. The molecule has 14 atom stereocenters. The average Bonchev–Trinajstić information content (AvgIpc) is 0.794. The Hall–Kier alpha value is -8.45. The van der Waals surface area contributed by atoms with Crippen LogP contribution in [0.4, 0.5) is 95.8 Å². The second-order valence-electron chi connectivity index (χ2n) is 40.3. The molecule has 0 aromatic carbocycles. The Morgan fingerprint density at radius 3 is 0.928 bits per heavy atom. The van der Waals surface area contributed by atoms with Crippen molar-refractivity contribution in [2.24, 2.45) is 0 Å². The fourth-order valence-electron chi connectivity index (χ4n) is 18.6. The van der Waals surface area contributed by atoms with Gasteiger partial charge < -0.3 is 89.0 Å². The van der Waals surface area contributed by atoms with E-state index in [9.17, 15) is 49.5 Å². The van der Waals surface area contributed by atoms with Gasteiger partial charge in [0.2, 0.25) is 47.6 Å². The van der Waals surface area contributed by atoms with Gasteiger partial charge >= 0.3 is 18.3 Å². The lowest BCUT2D eigenvalue weighted by Gasteiger charge is -2.45. The van der Waals surface area contributed by atoms with E-state index in [1.54, 1.807) is 73.0 Å². The van der Waals surface area contributed by atoms with E-state index in [-0.39, 0.29) is 79.9 Å². The molecule has 774 valence electrons. The van der Waals surface area contributed by atoms with Crippen LogP contribution in [0.15, 0.2) is 84.9 Å².